The van der Waals surface area contributed by atoms with Crippen LogP contribution in [0.1, 0.15) is 309 Å². The van der Waals surface area contributed by atoms with Gasteiger partial charge in [-0.25, -0.2) is 0 Å². The summed E-state index contributed by atoms with van der Waals surface area (Å²) < 4.78 is 5.44. The SMILES string of the molecule is CCCCCCCCCCCCCCCCCCCCCCC/C=C/C(O)C(CO)NC(=O)CCCCCC/C=C\CCCCOC(=O)CCCCCCCCCCCCCCCC. The fourth-order valence-corrected chi connectivity index (χ4v) is 8.81. The highest BCUT2D eigenvalue weighted by Crippen LogP contribution is 2.17. The number of ether oxygens (including phenoxy) is 1. The molecule has 6 heteroatoms. The summed E-state index contributed by atoms with van der Waals surface area (Å²) in [7, 11) is 0. The molecule has 0 saturated heterocycles. The number of aliphatic hydroxyl groups is 2. The van der Waals surface area contributed by atoms with Crippen molar-refractivity contribution in [1.29, 1.82) is 0 Å². The number of amides is 1. The van der Waals surface area contributed by atoms with Crippen LogP contribution in [0.15, 0.2) is 24.3 Å². The Bertz CT molecular complexity index is 997. The maximum atomic E-state index is 12.5. The number of rotatable bonds is 53. The first-order valence-electron chi connectivity index (χ1n) is 28.6. The molecule has 0 aromatic carbocycles. The van der Waals surface area contributed by atoms with Gasteiger partial charge in [0, 0.05) is 12.8 Å². The molecule has 3 N–H and O–H groups in total. The number of hydrogen-bond donors (Lipinski definition) is 3. The summed E-state index contributed by atoms with van der Waals surface area (Å²) in [6.07, 6.45) is 64.9. The minimum Gasteiger partial charge on any atom is -0.466 e. The topological polar surface area (TPSA) is 95.9 Å². The first kappa shape index (κ1) is 62.3. The molecule has 0 radical (unpaired) electrons. The summed E-state index contributed by atoms with van der Waals surface area (Å²) in [5, 5.41) is 23.1. The third-order valence-corrected chi connectivity index (χ3v) is 13.2. The highest BCUT2D eigenvalue weighted by Gasteiger charge is 2.18. The quantitative estimate of drug-likeness (QED) is 0.0321. The van der Waals surface area contributed by atoms with Crippen LogP contribution in [0.2, 0.25) is 0 Å². The standard InChI is InChI=1S/C58H111NO5/c1-3-5-7-9-11-13-15-17-19-20-21-22-23-24-25-26-27-28-30-34-38-42-46-50-56(61)55(54-60)59-57(62)51-47-43-39-35-32-33-37-41-45-49-53-64-58(63)52-48-44-40-36-31-29-18-16-14-12-10-8-6-4-2/h33,37,46,50,55-56,60-61H,3-32,34-36,38-45,47-49,51-54H2,1-2H3,(H,59,62)/b37-33-,50-46+. The van der Waals surface area contributed by atoms with Gasteiger partial charge in [0.15, 0.2) is 0 Å². The van der Waals surface area contributed by atoms with Crippen LogP contribution >= 0.6 is 0 Å². The summed E-state index contributed by atoms with van der Waals surface area (Å²) in [4.78, 5) is 24.5. The van der Waals surface area contributed by atoms with E-state index in [1.165, 1.54) is 205 Å². The smallest absolute Gasteiger partial charge is 0.305 e. The second kappa shape index (κ2) is 54.0. The number of carbonyl (C=O) groups excluding carboxylic acids is 2. The second-order valence-corrected chi connectivity index (χ2v) is 19.6. The summed E-state index contributed by atoms with van der Waals surface area (Å²) >= 11 is 0. The van der Waals surface area contributed by atoms with Crippen LogP contribution < -0.4 is 5.32 Å². The van der Waals surface area contributed by atoms with E-state index in [0.717, 1.165) is 77.0 Å². The van der Waals surface area contributed by atoms with Gasteiger partial charge in [-0.3, -0.25) is 9.59 Å². The molecule has 1 amide bonds. The van der Waals surface area contributed by atoms with Gasteiger partial charge in [0.2, 0.25) is 5.91 Å². The zero-order valence-corrected chi connectivity index (χ0v) is 43.0. The van der Waals surface area contributed by atoms with Crippen molar-refractivity contribution in [2.45, 2.75) is 321 Å². The van der Waals surface area contributed by atoms with Crippen molar-refractivity contribution in [3.05, 3.63) is 24.3 Å². The molecule has 64 heavy (non-hydrogen) atoms. The summed E-state index contributed by atoms with van der Waals surface area (Å²) in [6.45, 7) is 4.83. The normalized spacial score (nSPS) is 12.8. The highest BCUT2D eigenvalue weighted by molar-refractivity contribution is 5.76. The number of aliphatic hydroxyl groups excluding tert-OH is 2. The van der Waals surface area contributed by atoms with Crippen molar-refractivity contribution in [2.75, 3.05) is 13.2 Å². The lowest BCUT2D eigenvalue weighted by Gasteiger charge is -2.20. The molecule has 378 valence electrons. The Morgan fingerprint density at radius 1 is 0.422 bits per heavy atom. The Morgan fingerprint density at radius 2 is 0.734 bits per heavy atom. The van der Waals surface area contributed by atoms with Crippen molar-refractivity contribution in [1.82, 2.24) is 5.32 Å². The average Bonchev–Trinajstić information content (AvgIpc) is 3.29. The Hall–Kier alpha value is -1.66. The van der Waals surface area contributed by atoms with Crippen LogP contribution in [0.4, 0.5) is 0 Å². The van der Waals surface area contributed by atoms with Crippen LogP contribution in [0.5, 0.6) is 0 Å². The minimum absolute atomic E-state index is 0.0356. The van der Waals surface area contributed by atoms with Gasteiger partial charge < -0.3 is 20.3 Å². The van der Waals surface area contributed by atoms with Crippen LogP contribution in [-0.4, -0.2) is 47.4 Å². The largest absolute Gasteiger partial charge is 0.466 e. The fraction of sp³-hybridized carbons (Fsp3) is 0.897. The van der Waals surface area contributed by atoms with Gasteiger partial charge in [0.1, 0.15) is 0 Å². The number of allylic oxidation sites excluding steroid dienone is 3. The molecule has 0 fully saturated rings. The lowest BCUT2D eigenvalue weighted by Crippen LogP contribution is -2.45. The monoisotopic (exact) mass is 902 g/mol. The van der Waals surface area contributed by atoms with E-state index in [-0.39, 0.29) is 18.5 Å². The van der Waals surface area contributed by atoms with E-state index in [0.29, 0.717) is 19.4 Å². The molecule has 6 nitrogen and oxygen atoms in total. The molecule has 0 aliphatic heterocycles. The second-order valence-electron chi connectivity index (χ2n) is 19.6. The van der Waals surface area contributed by atoms with Crippen molar-refractivity contribution in [3.63, 3.8) is 0 Å². The molecule has 0 spiro atoms. The van der Waals surface area contributed by atoms with E-state index >= 15 is 0 Å². The van der Waals surface area contributed by atoms with Crippen molar-refractivity contribution in [3.8, 4) is 0 Å². The third-order valence-electron chi connectivity index (χ3n) is 13.2. The van der Waals surface area contributed by atoms with Crippen molar-refractivity contribution in [2.24, 2.45) is 0 Å². The van der Waals surface area contributed by atoms with Gasteiger partial charge in [-0.1, -0.05) is 263 Å². The van der Waals surface area contributed by atoms with Gasteiger partial charge in [0.25, 0.3) is 0 Å². The van der Waals surface area contributed by atoms with Crippen LogP contribution in [0.25, 0.3) is 0 Å². The predicted octanol–water partition coefficient (Wildman–Crippen LogP) is 17.5. The molecular weight excluding hydrogens is 791 g/mol. The maximum Gasteiger partial charge on any atom is 0.305 e. The zero-order valence-electron chi connectivity index (χ0n) is 43.0. The first-order valence-corrected chi connectivity index (χ1v) is 28.6. The van der Waals surface area contributed by atoms with Gasteiger partial charge in [0.05, 0.1) is 25.4 Å². The predicted molar refractivity (Wildman–Crippen MR) is 278 cm³/mol. The summed E-state index contributed by atoms with van der Waals surface area (Å²) in [6, 6.07) is -0.653. The van der Waals surface area contributed by atoms with E-state index in [9.17, 15) is 19.8 Å². The van der Waals surface area contributed by atoms with Gasteiger partial charge in [-0.15, -0.1) is 0 Å². The number of esters is 1. The zero-order chi connectivity index (χ0) is 46.5. The van der Waals surface area contributed by atoms with E-state index in [1.807, 2.05) is 6.08 Å². The van der Waals surface area contributed by atoms with Gasteiger partial charge in [-0.05, 0) is 57.8 Å². The molecule has 2 unspecified atom stereocenters. The summed E-state index contributed by atoms with van der Waals surface area (Å²) in [5.41, 5.74) is 0. The molecule has 0 aromatic heterocycles. The first-order chi connectivity index (χ1) is 31.5. The van der Waals surface area contributed by atoms with E-state index < -0.39 is 12.1 Å². The number of unbranched alkanes of at least 4 members (excludes halogenated alkanes) is 40. The molecule has 0 saturated carbocycles. The van der Waals surface area contributed by atoms with Crippen molar-refractivity contribution < 1.29 is 24.5 Å². The fourth-order valence-electron chi connectivity index (χ4n) is 8.81. The molecule has 0 aliphatic rings. The Labute approximate surface area is 399 Å². The lowest BCUT2D eigenvalue weighted by molar-refractivity contribution is -0.143. The maximum absolute atomic E-state index is 12.5. The highest BCUT2D eigenvalue weighted by atomic mass is 16.5. The number of carbonyl (C=O) groups is 2. The molecule has 0 heterocycles. The van der Waals surface area contributed by atoms with Crippen LogP contribution in [0, 0.1) is 0 Å². The van der Waals surface area contributed by atoms with Crippen LogP contribution in [0.3, 0.4) is 0 Å². The van der Waals surface area contributed by atoms with Gasteiger partial charge in [-0.2, -0.15) is 0 Å². The molecule has 0 aromatic rings. The molecule has 0 bridgehead atoms. The molecule has 0 rings (SSSR count). The van der Waals surface area contributed by atoms with Crippen molar-refractivity contribution >= 4 is 11.9 Å². The average molecular weight is 903 g/mol. The van der Waals surface area contributed by atoms with Gasteiger partial charge >= 0.3 is 5.97 Å². The Morgan fingerprint density at radius 3 is 1.11 bits per heavy atom. The summed E-state index contributed by atoms with van der Waals surface area (Å²) in [5.74, 6) is -0.136. The number of nitrogens with one attached hydrogen (secondary N) is 1. The Kier molecular flexibility index (Phi) is 52.6. The Balaban J connectivity index is 3.54. The third kappa shape index (κ3) is 49.8. The van der Waals surface area contributed by atoms with E-state index in [1.54, 1.807) is 6.08 Å². The van der Waals surface area contributed by atoms with Crippen LogP contribution in [-0.2, 0) is 14.3 Å². The molecule has 0 aliphatic carbocycles. The van der Waals surface area contributed by atoms with E-state index in [4.69, 9.17) is 4.74 Å². The molecular formula is C58H111NO5. The van der Waals surface area contributed by atoms with E-state index in [2.05, 4.69) is 31.3 Å². The molecule has 2 atom stereocenters. The lowest BCUT2D eigenvalue weighted by atomic mass is 10.0. The minimum atomic E-state index is -0.866. The number of hydrogen-bond acceptors (Lipinski definition) is 5.